The molecule has 0 aliphatic heterocycles. The lowest BCUT2D eigenvalue weighted by Gasteiger charge is -2.12. The van der Waals surface area contributed by atoms with Gasteiger partial charge in [0, 0.05) is 16.7 Å². The minimum absolute atomic E-state index is 0.358. The van der Waals surface area contributed by atoms with E-state index in [1.54, 1.807) is 30.3 Å². The van der Waals surface area contributed by atoms with E-state index >= 15 is 0 Å². The number of rotatable bonds is 7. The molecule has 0 radical (unpaired) electrons. The first-order valence-electron chi connectivity index (χ1n) is 7.64. The molecule has 0 aliphatic rings. The van der Waals surface area contributed by atoms with Gasteiger partial charge in [0.2, 0.25) is 5.75 Å². The van der Waals surface area contributed by atoms with E-state index in [-0.39, 0.29) is 5.91 Å². The predicted octanol–water partition coefficient (Wildman–Crippen LogP) is 3.53. The standard InChI is InChI=1S/C19H19ClN2O4/c1-24-16-10-14(11-17(25-2)19(16)26-3)12-21-22-18(23)9-6-13-4-7-15(20)8-5-13/h4-12H,1-3H3,(H,22,23)/b9-6+,21-12-. The fourth-order valence-corrected chi connectivity index (χ4v) is 2.26. The van der Waals surface area contributed by atoms with Crippen molar-refractivity contribution in [3.05, 3.63) is 58.6 Å². The summed E-state index contributed by atoms with van der Waals surface area (Å²) in [5.74, 6) is 1.13. The Labute approximate surface area is 157 Å². The lowest BCUT2D eigenvalue weighted by atomic mass is 10.2. The van der Waals surface area contributed by atoms with Crippen LogP contribution in [0.4, 0.5) is 0 Å². The number of benzene rings is 2. The molecule has 0 bridgehead atoms. The van der Waals surface area contributed by atoms with Gasteiger partial charge in [-0.25, -0.2) is 5.43 Å². The zero-order valence-electron chi connectivity index (χ0n) is 14.7. The van der Waals surface area contributed by atoms with Crippen molar-refractivity contribution >= 4 is 29.8 Å². The summed E-state index contributed by atoms with van der Waals surface area (Å²) in [7, 11) is 4.59. The normalized spacial score (nSPS) is 10.9. The van der Waals surface area contributed by atoms with E-state index in [0.717, 1.165) is 5.56 Å². The first-order valence-corrected chi connectivity index (χ1v) is 8.02. The Kier molecular flexibility index (Phi) is 7.05. The van der Waals surface area contributed by atoms with Crippen LogP contribution >= 0.6 is 11.6 Å². The van der Waals surface area contributed by atoms with Crippen molar-refractivity contribution in [3.8, 4) is 17.2 Å². The van der Waals surface area contributed by atoms with E-state index in [0.29, 0.717) is 27.8 Å². The first-order chi connectivity index (χ1) is 12.6. The van der Waals surface area contributed by atoms with Gasteiger partial charge in [-0.1, -0.05) is 23.7 Å². The molecule has 0 saturated heterocycles. The van der Waals surface area contributed by atoms with Crippen molar-refractivity contribution in [2.45, 2.75) is 0 Å². The molecule has 2 rings (SSSR count). The van der Waals surface area contributed by atoms with Crippen LogP contribution in [0.2, 0.25) is 5.02 Å². The van der Waals surface area contributed by atoms with Gasteiger partial charge in [-0.3, -0.25) is 4.79 Å². The van der Waals surface area contributed by atoms with Crippen molar-refractivity contribution in [1.29, 1.82) is 0 Å². The molecule has 0 heterocycles. The first kappa shape index (κ1) is 19.3. The van der Waals surface area contributed by atoms with Crippen LogP contribution in [-0.2, 0) is 4.79 Å². The number of carbonyl (C=O) groups is 1. The van der Waals surface area contributed by atoms with Crippen LogP contribution in [0, 0.1) is 0 Å². The molecule has 136 valence electrons. The highest BCUT2D eigenvalue weighted by atomic mass is 35.5. The van der Waals surface area contributed by atoms with Gasteiger partial charge in [-0.05, 0) is 35.9 Å². The minimum atomic E-state index is -0.358. The highest BCUT2D eigenvalue weighted by Crippen LogP contribution is 2.37. The topological polar surface area (TPSA) is 69.2 Å². The van der Waals surface area contributed by atoms with Gasteiger partial charge in [-0.2, -0.15) is 5.10 Å². The third-order valence-corrected chi connectivity index (χ3v) is 3.62. The number of hydrogen-bond acceptors (Lipinski definition) is 5. The predicted molar refractivity (Wildman–Crippen MR) is 102 cm³/mol. The summed E-state index contributed by atoms with van der Waals surface area (Å²) in [5.41, 5.74) is 3.96. The van der Waals surface area contributed by atoms with Crippen molar-refractivity contribution in [2.75, 3.05) is 21.3 Å². The van der Waals surface area contributed by atoms with Crippen LogP contribution in [0.1, 0.15) is 11.1 Å². The van der Waals surface area contributed by atoms with E-state index in [1.165, 1.54) is 33.6 Å². The molecule has 0 unspecified atom stereocenters. The molecule has 2 aromatic rings. The van der Waals surface area contributed by atoms with Crippen molar-refractivity contribution in [2.24, 2.45) is 5.10 Å². The third-order valence-electron chi connectivity index (χ3n) is 3.37. The van der Waals surface area contributed by atoms with Gasteiger partial charge in [0.25, 0.3) is 5.91 Å². The molecule has 1 amide bonds. The highest BCUT2D eigenvalue weighted by Gasteiger charge is 2.12. The van der Waals surface area contributed by atoms with Crippen LogP contribution in [0.5, 0.6) is 17.2 Å². The molecule has 0 atom stereocenters. The van der Waals surface area contributed by atoms with Crippen LogP contribution in [0.25, 0.3) is 6.08 Å². The zero-order valence-corrected chi connectivity index (χ0v) is 15.4. The summed E-state index contributed by atoms with van der Waals surface area (Å²) >= 11 is 5.82. The summed E-state index contributed by atoms with van der Waals surface area (Å²) in [6.45, 7) is 0. The number of amides is 1. The van der Waals surface area contributed by atoms with Crippen molar-refractivity contribution in [3.63, 3.8) is 0 Å². The Bertz CT molecular complexity index is 792. The molecule has 0 fully saturated rings. The quantitative estimate of drug-likeness (QED) is 0.457. The second-order valence-corrected chi connectivity index (χ2v) is 5.51. The summed E-state index contributed by atoms with van der Waals surface area (Å²) in [5, 5.41) is 4.57. The molecule has 0 saturated carbocycles. The van der Waals surface area contributed by atoms with Gasteiger partial charge >= 0.3 is 0 Å². The largest absolute Gasteiger partial charge is 0.493 e. The average Bonchev–Trinajstić information content (AvgIpc) is 2.66. The second-order valence-electron chi connectivity index (χ2n) is 5.08. The Morgan fingerprint density at radius 1 is 1.00 bits per heavy atom. The Morgan fingerprint density at radius 2 is 1.62 bits per heavy atom. The monoisotopic (exact) mass is 374 g/mol. The number of nitrogens with zero attached hydrogens (tertiary/aromatic N) is 1. The lowest BCUT2D eigenvalue weighted by Crippen LogP contribution is -2.14. The smallest absolute Gasteiger partial charge is 0.264 e. The maximum atomic E-state index is 11.8. The van der Waals surface area contributed by atoms with E-state index in [1.807, 2.05) is 12.1 Å². The number of halogens is 1. The zero-order chi connectivity index (χ0) is 18.9. The van der Waals surface area contributed by atoms with Gasteiger partial charge < -0.3 is 14.2 Å². The molecular weight excluding hydrogens is 356 g/mol. The molecular formula is C19H19ClN2O4. The molecule has 1 N–H and O–H groups in total. The number of hydrogen-bond donors (Lipinski definition) is 1. The average molecular weight is 375 g/mol. The van der Waals surface area contributed by atoms with Gasteiger partial charge in [0.15, 0.2) is 11.5 Å². The number of methoxy groups -OCH3 is 3. The fraction of sp³-hybridized carbons (Fsp3) is 0.158. The summed E-state index contributed by atoms with van der Waals surface area (Å²) < 4.78 is 15.8. The number of nitrogens with one attached hydrogen (secondary N) is 1. The molecule has 2 aromatic carbocycles. The number of carbonyl (C=O) groups excluding carboxylic acids is 1. The Morgan fingerprint density at radius 3 is 2.15 bits per heavy atom. The highest BCUT2D eigenvalue weighted by molar-refractivity contribution is 6.30. The van der Waals surface area contributed by atoms with Gasteiger partial charge in [-0.15, -0.1) is 0 Å². The maximum absolute atomic E-state index is 11.8. The van der Waals surface area contributed by atoms with Crippen molar-refractivity contribution in [1.82, 2.24) is 5.43 Å². The van der Waals surface area contributed by atoms with E-state index in [2.05, 4.69) is 10.5 Å². The molecule has 0 aromatic heterocycles. The van der Waals surface area contributed by atoms with Crippen LogP contribution in [-0.4, -0.2) is 33.5 Å². The fourth-order valence-electron chi connectivity index (χ4n) is 2.13. The lowest BCUT2D eigenvalue weighted by molar-refractivity contribution is -0.116. The third kappa shape index (κ3) is 5.26. The molecule has 0 spiro atoms. The van der Waals surface area contributed by atoms with E-state index in [9.17, 15) is 4.79 Å². The molecule has 6 nitrogen and oxygen atoms in total. The second kappa shape index (κ2) is 9.48. The SMILES string of the molecule is COc1cc(/C=N\NC(=O)/C=C/c2ccc(Cl)cc2)cc(OC)c1OC. The van der Waals surface area contributed by atoms with Gasteiger partial charge in [0.1, 0.15) is 0 Å². The molecule has 26 heavy (non-hydrogen) atoms. The molecule has 0 aliphatic carbocycles. The number of hydrazone groups is 1. The Hall–Kier alpha value is -2.99. The summed E-state index contributed by atoms with van der Waals surface area (Å²) in [4.78, 5) is 11.8. The maximum Gasteiger partial charge on any atom is 0.264 e. The Balaban J connectivity index is 2.03. The molecule has 7 heteroatoms. The van der Waals surface area contributed by atoms with E-state index < -0.39 is 0 Å². The van der Waals surface area contributed by atoms with E-state index in [4.69, 9.17) is 25.8 Å². The minimum Gasteiger partial charge on any atom is -0.493 e. The van der Waals surface area contributed by atoms with Crippen LogP contribution in [0.15, 0.2) is 47.6 Å². The van der Waals surface area contributed by atoms with Crippen LogP contribution in [0.3, 0.4) is 0 Å². The van der Waals surface area contributed by atoms with Crippen molar-refractivity contribution < 1.29 is 19.0 Å². The van der Waals surface area contributed by atoms with Gasteiger partial charge in [0.05, 0.1) is 27.5 Å². The van der Waals surface area contributed by atoms with Crippen LogP contribution < -0.4 is 19.6 Å². The number of ether oxygens (including phenoxy) is 3. The summed E-state index contributed by atoms with van der Waals surface area (Å²) in [6.07, 6.45) is 4.54. The summed E-state index contributed by atoms with van der Waals surface area (Å²) in [6, 6.07) is 10.6.